The molecule has 7 heteroatoms. The van der Waals surface area contributed by atoms with Gasteiger partial charge >= 0.3 is 5.97 Å². The maximum atomic E-state index is 11.2. The summed E-state index contributed by atoms with van der Waals surface area (Å²) in [6, 6.07) is 0. The lowest BCUT2D eigenvalue weighted by atomic mass is 10.1. The number of aryl methyl sites for hydroxylation is 1. The minimum absolute atomic E-state index is 0.0653. The highest BCUT2D eigenvalue weighted by Gasteiger charge is 2.26. The van der Waals surface area contributed by atoms with Gasteiger partial charge in [0.15, 0.2) is 15.7 Å². The van der Waals surface area contributed by atoms with Gasteiger partial charge in [0, 0.05) is 11.1 Å². The fraction of sp³-hybridized carbons (Fsp3) is 0.417. The van der Waals surface area contributed by atoms with Crippen LogP contribution in [0.3, 0.4) is 0 Å². The number of rotatable bonds is 4. The first-order valence-corrected chi connectivity index (χ1v) is 7.38. The highest BCUT2D eigenvalue weighted by molar-refractivity contribution is 7.21. The second-order valence-electron chi connectivity index (χ2n) is 4.50. The van der Waals surface area contributed by atoms with Gasteiger partial charge in [0.2, 0.25) is 0 Å². The van der Waals surface area contributed by atoms with Crippen LogP contribution in [0.1, 0.15) is 40.2 Å². The molecule has 0 amide bonds. The van der Waals surface area contributed by atoms with E-state index in [2.05, 4.69) is 9.97 Å². The van der Waals surface area contributed by atoms with Crippen LogP contribution < -0.4 is 0 Å². The number of thiazole rings is 2. The summed E-state index contributed by atoms with van der Waals surface area (Å²) in [4.78, 5) is 20.9. The van der Waals surface area contributed by atoms with Crippen molar-refractivity contribution in [1.82, 2.24) is 9.97 Å². The van der Waals surface area contributed by atoms with Crippen LogP contribution in [0.15, 0.2) is 6.20 Å². The average molecular weight is 298 g/mol. The molecule has 2 aromatic rings. The number of aromatic nitrogens is 2. The fourth-order valence-electron chi connectivity index (χ4n) is 1.53. The number of hydrogen-bond donors (Lipinski definition) is 2. The van der Waals surface area contributed by atoms with Gasteiger partial charge in [-0.1, -0.05) is 13.8 Å². The van der Waals surface area contributed by atoms with Crippen molar-refractivity contribution in [3.05, 3.63) is 21.6 Å². The SMILES string of the molecule is Cc1cnc(-c2nc(C(=O)O)c(C(O)C(C)C)s2)s1. The Hall–Kier alpha value is -1.31. The predicted molar refractivity (Wildman–Crippen MR) is 74.7 cm³/mol. The second-order valence-corrected chi connectivity index (χ2v) is 6.77. The summed E-state index contributed by atoms with van der Waals surface area (Å²) in [7, 11) is 0. The molecule has 0 aromatic carbocycles. The fourth-order valence-corrected chi connectivity index (χ4v) is 3.54. The molecule has 5 nitrogen and oxygen atoms in total. The first-order valence-electron chi connectivity index (χ1n) is 5.75. The largest absolute Gasteiger partial charge is 0.476 e. The minimum atomic E-state index is -1.12. The van der Waals surface area contributed by atoms with Crippen LogP contribution in [0.5, 0.6) is 0 Å². The number of nitrogens with zero attached hydrogens (tertiary/aromatic N) is 2. The second kappa shape index (κ2) is 5.36. The van der Waals surface area contributed by atoms with Crippen LogP contribution in [-0.4, -0.2) is 26.2 Å². The number of aliphatic hydroxyl groups excluding tert-OH is 1. The molecule has 2 heterocycles. The van der Waals surface area contributed by atoms with Crippen molar-refractivity contribution in [2.24, 2.45) is 5.92 Å². The van der Waals surface area contributed by atoms with Crippen LogP contribution in [0, 0.1) is 12.8 Å². The lowest BCUT2D eigenvalue weighted by molar-refractivity contribution is 0.0678. The number of aliphatic hydroxyl groups is 1. The molecule has 2 N–H and O–H groups in total. The summed E-state index contributed by atoms with van der Waals surface area (Å²) in [5, 5.41) is 20.5. The Kier molecular flexibility index (Phi) is 3.98. The molecule has 1 atom stereocenters. The summed E-state index contributed by atoms with van der Waals surface area (Å²) in [6.45, 7) is 5.60. The highest BCUT2D eigenvalue weighted by Crippen LogP contribution is 2.36. The van der Waals surface area contributed by atoms with Crippen LogP contribution >= 0.6 is 22.7 Å². The van der Waals surface area contributed by atoms with Crippen molar-refractivity contribution in [1.29, 1.82) is 0 Å². The van der Waals surface area contributed by atoms with E-state index in [0.29, 0.717) is 14.9 Å². The molecule has 0 bridgehead atoms. The molecule has 102 valence electrons. The van der Waals surface area contributed by atoms with Crippen molar-refractivity contribution in [3.63, 3.8) is 0 Å². The third kappa shape index (κ3) is 2.83. The third-order valence-corrected chi connectivity index (χ3v) is 4.74. The van der Waals surface area contributed by atoms with Gasteiger partial charge in [-0.25, -0.2) is 14.8 Å². The monoisotopic (exact) mass is 298 g/mol. The first kappa shape index (κ1) is 14.1. The van der Waals surface area contributed by atoms with E-state index in [1.54, 1.807) is 6.20 Å². The molecule has 0 saturated carbocycles. The summed E-state index contributed by atoms with van der Waals surface area (Å²) >= 11 is 2.65. The average Bonchev–Trinajstić information content (AvgIpc) is 2.93. The van der Waals surface area contributed by atoms with Gasteiger partial charge in [0.25, 0.3) is 0 Å². The first-order chi connectivity index (χ1) is 8.90. The number of hydrogen-bond acceptors (Lipinski definition) is 6. The van der Waals surface area contributed by atoms with Crippen molar-refractivity contribution in [2.75, 3.05) is 0 Å². The van der Waals surface area contributed by atoms with E-state index in [9.17, 15) is 15.0 Å². The van der Waals surface area contributed by atoms with Crippen molar-refractivity contribution >= 4 is 28.6 Å². The Bertz CT molecular complexity index is 604. The van der Waals surface area contributed by atoms with Crippen molar-refractivity contribution < 1.29 is 15.0 Å². The van der Waals surface area contributed by atoms with Crippen LogP contribution in [-0.2, 0) is 0 Å². The van der Waals surface area contributed by atoms with E-state index in [4.69, 9.17) is 0 Å². The molecule has 0 fully saturated rings. The Balaban J connectivity index is 2.49. The summed E-state index contributed by atoms with van der Waals surface area (Å²) in [5.74, 6) is -1.19. The van der Waals surface area contributed by atoms with E-state index in [1.165, 1.54) is 22.7 Å². The van der Waals surface area contributed by atoms with Gasteiger partial charge in [0.1, 0.15) is 0 Å². The van der Waals surface area contributed by atoms with Crippen LogP contribution in [0.2, 0.25) is 0 Å². The maximum Gasteiger partial charge on any atom is 0.355 e. The Morgan fingerprint density at radius 3 is 2.47 bits per heavy atom. The number of aromatic carboxylic acids is 1. The summed E-state index contributed by atoms with van der Waals surface area (Å²) in [6.07, 6.45) is 0.902. The highest BCUT2D eigenvalue weighted by atomic mass is 32.1. The third-order valence-electron chi connectivity index (χ3n) is 2.56. The number of carboxylic acid groups (broad SMARTS) is 1. The zero-order valence-electron chi connectivity index (χ0n) is 10.7. The molecule has 1 unspecified atom stereocenters. The molecule has 2 rings (SSSR count). The molecule has 19 heavy (non-hydrogen) atoms. The molecule has 0 aliphatic carbocycles. The molecule has 2 aromatic heterocycles. The molecule has 0 radical (unpaired) electrons. The van der Waals surface area contributed by atoms with Gasteiger partial charge in [-0.05, 0) is 12.8 Å². The number of carbonyl (C=O) groups is 1. The zero-order chi connectivity index (χ0) is 14.2. The minimum Gasteiger partial charge on any atom is -0.476 e. The Morgan fingerprint density at radius 2 is 2.00 bits per heavy atom. The van der Waals surface area contributed by atoms with E-state index in [0.717, 1.165) is 4.88 Å². The zero-order valence-corrected chi connectivity index (χ0v) is 12.4. The molecular formula is C12H14N2O3S2. The Morgan fingerprint density at radius 1 is 1.32 bits per heavy atom. The molecule has 0 saturated heterocycles. The van der Waals surface area contributed by atoms with E-state index < -0.39 is 12.1 Å². The van der Waals surface area contributed by atoms with Crippen LogP contribution in [0.4, 0.5) is 0 Å². The smallest absolute Gasteiger partial charge is 0.355 e. The lowest BCUT2D eigenvalue weighted by Crippen LogP contribution is -2.09. The van der Waals surface area contributed by atoms with E-state index in [1.807, 2.05) is 20.8 Å². The van der Waals surface area contributed by atoms with Gasteiger partial charge in [0.05, 0.1) is 11.0 Å². The van der Waals surface area contributed by atoms with Crippen molar-refractivity contribution in [2.45, 2.75) is 26.9 Å². The molecule has 0 spiro atoms. The normalized spacial score (nSPS) is 12.9. The topological polar surface area (TPSA) is 83.3 Å². The summed E-state index contributed by atoms with van der Waals surface area (Å²) in [5.41, 5.74) is -0.0750. The number of carboxylic acids is 1. The molecular weight excluding hydrogens is 284 g/mol. The van der Waals surface area contributed by atoms with Gasteiger partial charge in [-0.2, -0.15) is 0 Å². The maximum absolute atomic E-state index is 11.2. The van der Waals surface area contributed by atoms with Crippen molar-refractivity contribution in [3.8, 4) is 10.0 Å². The Labute approximate surface area is 118 Å². The van der Waals surface area contributed by atoms with Gasteiger partial charge < -0.3 is 10.2 Å². The van der Waals surface area contributed by atoms with Crippen LogP contribution in [0.25, 0.3) is 10.0 Å². The standard InChI is InChI=1S/C12H14N2O3S2/c1-5(2)8(15)9-7(12(16)17)14-11(19-9)10-13-4-6(3)18-10/h4-5,8,15H,1-3H3,(H,16,17). The molecule has 0 aliphatic heterocycles. The molecule has 0 aliphatic rings. The van der Waals surface area contributed by atoms with E-state index >= 15 is 0 Å². The van der Waals surface area contributed by atoms with E-state index in [-0.39, 0.29) is 11.6 Å². The quantitative estimate of drug-likeness (QED) is 0.906. The summed E-state index contributed by atoms with van der Waals surface area (Å²) < 4.78 is 0. The lowest BCUT2D eigenvalue weighted by Gasteiger charge is -2.12. The van der Waals surface area contributed by atoms with Gasteiger partial charge in [-0.3, -0.25) is 0 Å². The predicted octanol–water partition coefficient (Wildman–Crippen LogP) is 2.96. The van der Waals surface area contributed by atoms with Gasteiger partial charge in [-0.15, -0.1) is 22.7 Å².